The largest absolute Gasteiger partial charge is 0.324 e. The lowest BCUT2D eigenvalue weighted by Crippen LogP contribution is -2.44. The topological polar surface area (TPSA) is 55.0 Å². The third-order valence-electron chi connectivity index (χ3n) is 4.20. The minimum Gasteiger partial charge on any atom is -0.324 e. The first-order valence-electron chi connectivity index (χ1n) is 6.44. The molecule has 2 fully saturated rings. The zero-order valence-corrected chi connectivity index (χ0v) is 10.4. The van der Waals surface area contributed by atoms with E-state index in [1.165, 1.54) is 19.3 Å². The van der Waals surface area contributed by atoms with Crippen LogP contribution in [0.1, 0.15) is 30.7 Å². The Hall–Kier alpha value is -1.00. The van der Waals surface area contributed by atoms with Crippen molar-refractivity contribution in [2.24, 2.45) is 11.7 Å². The molecule has 1 aromatic rings. The van der Waals surface area contributed by atoms with Crippen molar-refractivity contribution in [1.82, 2.24) is 14.9 Å². The van der Waals surface area contributed by atoms with Gasteiger partial charge >= 0.3 is 0 Å². The molecule has 1 saturated carbocycles. The Morgan fingerprint density at radius 3 is 2.94 bits per heavy atom. The molecule has 4 nitrogen and oxygen atoms in total. The van der Waals surface area contributed by atoms with Gasteiger partial charge < -0.3 is 5.73 Å². The van der Waals surface area contributed by atoms with Crippen LogP contribution in [0.2, 0.25) is 0 Å². The van der Waals surface area contributed by atoms with E-state index in [4.69, 9.17) is 5.73 Å². The Morgan fingerprint density at radius 1 is 1.47 bits per heavy atom. The van der Waals surface area contributed by atoms with Crippen LogP contribution in [0.3, 0.4) is 0 Å². The first-order chi connectivity index (χ1) is 8.16. The normalized spacial score (nSPS) is 32.9. The van der Waals surface area contributed by atoms with Crippen molar-refractivity contribution in [2.75, 3.05) is 13.1 Å². The molecule has 0 aromatic carbocycles. The van der Waals surface area contributed by atoms with Crippen molar-refractivity contribution in [2.45, 2.75) is 38.3 Å². The van der Waals surface area contributed by atoms with Gasteiger partial charge in [0.2, 0.25) is 0 Å². The standard InChI is InChI=1S/C13H20N4/c1-10-5-15-12(16-6-10)8-17-7-11-3-2-4-13(11,14)9-17/h5-6,11H,2-4,7-9,14H2,1H3. The molecule has 2 atom stereocenters. The summed E-state index contributed by atoms with van der Waals surface area (Å²) in [7, 11) is 0. The molecule has 0 amide bonds. The minimum absolute atomic E-state index is 0.0741. The maximum Gasteiger partial charge on any atom is 0.142 e. The molecule has 1 saturated heterocycles. The fourth-order valence-electron chi connectivity index (χ4n) is 3.26. The highest BCUT2D eigenvalue weighted by molar-refractivity contribution is 5.07. The number of aromatic nitrogens is 2. The van der Waals surface area contributed by atoms with E-state index in [1.807, 2.05) is 19.3 Å². The lowest BCUT2D eigenvalue weighted by Gasteiger charge is -2.22. The van der Waals surface area contributed by atoms with E-state index in [0.29, 0.717) is 5.92 Å². The number of aryl methyl sites for hydroxylation is 1. The molecule has 2 aliphatic rings. The highest BCUT2D eigenvalue weighted by Crippen LogP contribution is 2.39. The molecular formula is C13H20N4. The quantitative estimate of drug-likeness (QED) is 0.829. The summed E-state index contributed by atoms with van der Waals surface area (Å²) in [4.78, 5) is 11.1. The average Bonchev–Trinajstić information content (AvgIpc) is 2.76. The van der Waals surface area contributed by atoms with Crippen LogP contribution >= 0.6 is 0 Å². The molecule has 2 unspecified atom stereocenters. The Morgan fingerprint density at radius 2 is 2.24 bits per heavy atom. The lowest BCUT2D eigenvalue weighted by atomic mass is 9.92. The summed E-state index contributed by atoms with van der Waals surface area (Å²) in [5, 5.41) is 0. The summed E-state index contributed by atoms with van der Waals surface area (Å²) < 4.78 is 0. The molecule has 2 heterocycles. The van der Waals surface area contributed by atoms with Crippen LogP contribution in [0, 0.1) is 12.8 Å². The third-order valence-corrected chi connectivity index (χ3v) is 4.20. The number of hydrogen-bond acceptors (Lipinski definition) is 4. The number of nitrogens with zero attached hydrogens (tertiary/aromatic N) is 3. The summed E-state index contributed by atoms with van der Waals surface area (Å²) in [5.74, 6) is 1.60. The van der Waals surface area contributed by atoms with E-state index in [9.17, 15) is 0 Å². The molecule has 0 radical (unpaired) electrons. The molecule has 2 N–H and O–H groups in total. The molecule has 4 heteroatoms. The Balaban J connectivity index is 1.66. The van der Waals surface area contributed by atoms with Gasteiger partial charge in [-0.2, -0.15) is 0 Å². The average molecular weight is 232 g/mol. The summed E-state index contributed by atoms with van der Waals surface area (Å²) >= 11 is 0. The van der Waals surface area contributed by atoms with E-state index >= 15 is 0 Å². The van der Waals surface area contributed by atoms with Crippen molar-refractivity contribution in [3.05, 3.63) is 23.8 Å². The van der Waals surface area contributed by atoms with Crippen LogP contribution < -0.4 is 5.73 Å². The second-order valence-electron chi connectivity index (χ2n) is 5.67. The van der Waals surface area contributed by atoms with Crippen LogP contribution in [0.5, 0.6) is 0 Å². The summed E-state index contributed by atoms with van der Waals surface area (Å²) in [5.41, 5.74) is 7.64. The zero-order chi connectivity index (χ0) is 11.9. The van der Waals surface area contributed by atoms with E-state index in [-0.39, 0.29) is 5.54 Å². The fourth-order valence-corrected chi connectivity index (χ4v) is 3.26. The highest BCUT2D eigenvalue weighted by atomic mass is 15.2. The van der Waals surface area contributed by atoms with Gasteiger partial charge in [0.15, 0.2) is 0 Å². The molecule has 1 aliphatic carbocycles. The minimum atomic E-state index is 0.0741. The maximum atomic E-state index is 6.45. The zero-order valence-electron chi connectivity index (χ0n) is 10.4. The second-order valence-corrected chi connectivity index (χ2v) is 5.67. The van der Waals surface area contributed by atoms with Gasteiger partial charge in [0.25, 0.3) is 0 Å². The van der Waals surface area contributed by atoms with Crippen LogP contribution in [0.25, 0.3) is 0 Å². The number of hydrogen-bond donors (Lipinski definition) is 1. The molecule has 0 bridgehead atoms. The van der Waals surface area contributed by atoms with Crippen molar-refractivity contribution >= 4 is 0 Å². The molecule has 17 heavy (non-hydrogen) atoms. The van der Waals surface area contributed by atoms with Crippen molar-refractivity contribution in [1.29, 1.82) is 0 Å². The SMILES string of the molecule is Cc1cnc(CN2CC3CCCC3(N)C2)nc1. The lowest BCUT2D eigenvalue weighted by molar-refractivity contribution is 0.288. The first kappa shape index (κ1) is 11.1. The predicted molar refractivity (Wildman–Crippen MR) is 66.3 cm³/mol. The summed E-state index contributed by atoms with van der Waals surface area (Å²) in [6, 6.07) is 0. The number of rotatable bonds is 2. The summed E-state index contributed by atoms with van der Waals surface area (Å²) in [6.07, 6.45) is 7.55. The van der Waals surface area contributed by atoms with Crippen molar-refractivity contribution in [3.8, 4) is 0 Å². The molecule has 92 valence electrons. The predicted octanol–water partition coefficient (Wildman–Crippen LogP) is 1.10. The van der Waals surface area contributed by atoms with Gasteiger partial charge in [-0.1, -0.05) is 6.42 Å². The van der Waals surface area contributed by atoms with Crippen LogP contribution in [-0.2, 0) is 6.54 Å². The number of fused-ring (bicyclic) bond motifs is 1. The van der Waals surface area contributed by atoms with E-state index in [2.05, 4.69) is 14.9 Å². The van der Waals surface area contributed by atoms with Gasteiger partial charge in [-0.3, -0.25) is 4.90 Å². The van der Waals surface area contributed by atoms with Gasteiger partial charge in [-0.05, 0) is 31.2 Å². The molecule has 3 rings (SSSR count). The third kappa shape index (κ3) is 2.07. The van der Waals surface area contributed by atoms with Crippen molar-refractivity contribution in [3.63, 3.8) is 0 Å². The molecular weight excluding hydrogens is 212 g/mol. The van der Waals surface area contributed by atoms with Gasteiger partial charge in [-0.15, -0.1) is 0 Å². The maximum absolute atomic E-state index is 6.45. The van der Waals surface area contributed by atoms with Crippen molar-refractivity contribution < 1.29 is 0 Å². The molecule has 0 spiro atoms. The van der Waals surface area contributed by atoms with Gasteiger partial charge in [0, 0.05) is 31.0 Å². The Labute approximate surface area is 102 Å². The van der Waals surface area contributed by atoms with Gasteiger partial charge in [0.05, 0.1) is 6.54 Å². The number of nitrogens with two attached hydrogens (primary N) is 1. The highest BCUT2D eigenvalue weighted by Gasteiger charge is 2.46. The fraction of sp³-hybridized carbons (Fsp3) is 0.692. The van der Waals surface area contributed by atoms with Crippen LogP contribution in [-0.4, -0.2) is 33.5 Å². The van der Waals surface area contributed by atoms with Gasteiger partial charge in [-0.25, -0.2) is 9.97 Å². The van der Waals surface area contributed by atoms with E-state index in [0.717, 1.165) is 31.0 Å². The monoisotopic (exact) mass is 232 g/mol. The van der Waals surface area contributed by atoms with Crippen LogP contribution in [0.4, 0.5) is 0 Å². The Kier molecular flexibility index (Phi) is 2.64. The summed E-state index contributed by atoms with van der Waals surface area (Å²) in [6.45, 7) is 4.98. The van der Waals surface area contributed by atoms with E-state index in [1.54, 1.807) is 0 Å². The Bertz CT molecular complexity index is 402. The second kappa shape index (κ2) is 4.03. The number of likely N-dealkylation sites (tertiary alicyclic amines) is 1. The smallest absolute Gasteiger partial charge is 0.142 e. The first-order valence-corrected chi connectivity index (χ1v) is 6.44. The van der Waals surface area contributed by atoms with Crippen LogP contribution in [0.15, 0.2) is 12.4 Å². The molecule has 1 aromatic heterocycles. The van der Waals surface area contributed by atoms with Gasteiger partial charge in [0.1, 0.15) is 5.82 Å². The molecule has 1 aliphatic heterocycles. The van der Waals surface area contributed by atoms with E-state index < -0.39 is 0 Å².